The van der Waals surface area contributed by atoms with E-state index < -0.39 is 5.97 Å². The third-order valence-electron chi connectivity index (χ3n) is 2.18. The Kier molecular flexibility index (Phi) is 2.68. The summed E-state index contributed by atoms with van der Waals surface area (Å²) in [5, 5.41) is 12.7. The predicted molar refractivity (Wildman–Crippen MR) is 57.8 cm³/mol. The Hall–Kier alpha value is -2.17. The van der Waals surface area contributed by atoms with E-state index >= 15 is 0 Å². The summed E-state index contributed by atoms with van der Waals surface area (Å²) in [6, 6.07) is 3.47. The van der Waals surface area contributed by atoms with Gasteiger partial charge in [-0.25, -0.2) is 0 Å². The van der Waals surface area contributed by atoms with Gasteiger partial charge in [-0.2, -0.15) is 5.10 Å². The molecule has 16 heavy (non-hydrogen) atoms. The zero-order chi connectivity index (χ0) is 11.5. The number of rotatable bonds is 3. The van der Waals surface area contributed by atoms with Crippen LogP contribution in [-0.4, -0.2) is 25.8 Å². The fourth-order valence-corrected chi connectivity index (χ4v) is 1.47. The summed E-state index contributed by atoms with van der Waals surface area (Å²) < 4.78 is 1.68. The number of aliphatic carboxylic acids is 1. The van der Waals surface area contributed by atoms with Crippen molar-refractivity contribution in [2.24, 2.45) is 7.05 Å². The molecule has 0 saturated carbocycles. The Morgan fingerprint density at radius 1 is 1.56 bits per heavy atom. The van der Waals surface area contributed by atoms with Crippen LogP contribution in [0.3, 0.4) is 0 Å². The smallest absolute Gasteiger partial charge is 0.307 e. The highest BCUT2D eigenvalue weighted by molar-refractivity contribution is 5.71. The van der Waals surface area contributed by atoms with Crippen LogP contribution in [0.1, 0.15) is 5.56 Å². The monoisotopic (exact) mass is 217 g/mol. The summed E-state index contributed by atoms with van der Waals surface area (Å²) in [5.41, 5.74) is 2.36. The Balaban J connectivity index is 2.32. The maximum atomic E-state index is 10.6. The van der Waals surface area contributed by atoms with Gasteiger partial charge >= 0.3 is 5.97 Å². The van der Waals surface area contributed by atoms with E-state index in [-0.39, 0.29) is 6.42 Å². The lowest BCUT2D eigenvalue weighted by Crippen LogP contribution is -2.00. The summed E-state index contributed by atoms with van der Waals surface area (Å²) in [4.78, 5) is 14.8. The molecule has 5 nitrogen and oxygen atoms in total. The maximum Gasteiger partial charge on any atom is 0.307 e. The topological polar surface area (TPSA) is 68.0 Å². The normalized spacial score (nSPS) is 10.3. The van der Waals surface area contributed by atoms with Crippen LogP contribution < -0.4 is 0 Å². The molecule has 0 saturated heterocycles. The van der Waals surface area contributed by atoms with Crippen molar-refractivity contribution in [2.75, 3.05) is 0 Å². The molecule has 2 rings (SSSR count). The lowest BCUT2D eigenvalue weighted by molar-refractivity contribution is -0.136. The molecule has 2 aromatic heterocycles. The second-order valence-corrected chi connectivity index (χ2v) is 3.52. The minimum Gasteiger partial charge on any atom is -0.481 e. The third kappa shape index (κ3) is 2.25. The van der Waals surface area contributed by atoms with Gasteiger partial charge in [-0.1, -0.05) is 0 Å². The van der Waals surface area contributed by atoms with E-state index in [4.69, 9.17) is 5.11 Å². The zero-order valence-electron chi connectivity index (χ0n) is 8.79. The van der Waals surface area contributed by atoms with Crippen LogP contribution in [-0.2, 0) is 18.3 Å². The van der Waals surface area contributed by atoms with E-state index in [9.17, 15) is 4.79 Å². The van der Waals surface area contributed by atoms with E-state index in [2.05, 4.69) is 10.1 Å². The van der Waals surface area contributed by atoms with Crippen LogP contribution in [0.5, 0.6) is 0 Å². The molecule has 2 heterocycles. The van der Waals surface area contributed by atoms with Crippen LogP contribution in [0.2, 0.25) is 0 Å². The molecular weight excluding hydrogens is 206 g/mol. The highest BCUT2D eigenvalue weighted by Gasteiger charge is 2.05. The van der Waals surface area contributed by atoms with Crippen molar-refractivity contribution in [3.05, 3.63) is 36.3 Å². The summed E-state index contributed by atoms with van der Waals surface area (Å²) in [7, 11) is 1.82. The van der Waals surface area contributed by atoms with Gasteiger partial charge < -0.3 is 5.11 Å². The molecule has 0 fully saturated rings. The number of carbonyl (C=O) groups is 1. The Bertz CT molecular complexity index is 519. The molecule has 1 N–H and O–H groups in total. The Morgan fingerprint density at radius 2 is 2.38 bits per heavy atom. The molecular formula is C11H11N3O2. The Labute approximate surface area is 92.4 Å². The molecule has 0 radical (unpaired) electrons. The van der Waals surface area contributed by atoms with Gasteiger partial charge in [0.15, 0.2) is 0 Å². The first-order valence-electron chi connectivity index (χ1n) is 4.81. The van der Waals surface area contributed by atoms with Gasteiger partial charge in [-0.3, -0.25) is 14.5 Å². The van der Waals surface area contributed by atoms with Gasteiger partial charge in [-0.05, 0) is 17.7 Å². The summed E-state index contributed by atoms with van der Waals surface area (Å²) >= 11 is 0. The number of pyridine rings is 1. The second kappa shape index (κ2) is 4.14. The highest BCUT2D eigenvalue weighted by atomic mass is 16.4. The molecule has 0 bridgehead atoms. The van der Waals surface area contributed by atoms with Crippen molar-refractivity contribution in [3.63, 3.8) is 0 Å². The van der Waals surface area contributed by atoms with Crippen LogP contribution >= 0.6 is 0 Å². The molecule has 0 aliphatic rings. The van der Waals surface area contributed by atoms with Gasteiger partial charge in [-0.15, -0.1) is 0 Å². The molecule has 0 aromatic carbocycles. The molecule has 0 spiro atoms. The maximum absolute atomic E-state index is 10.6. The van der Waals surface area contributed by atoms with Crippen molar-refractivity contribution in [2.45, 2.75) is 6.42 Å². The fraction of sp³-hybridized carbons (Fsp3) is 0.182. The first-order valence-corrected chi connectivity index (χ1v) is 4.81. The number of carboxylic acids is 1. The van der Waals surface area contributed by atoms with Crippen molar-refractivity contribution >= 4 is 5.97 Å². The fourth-order valence-electron chi connectivity index (χ4n) is 1.47. The van der Waals surface area contributed by atoms with Crippen LogP contribution in [0.4, 0.5) is 0 Å². The van der Waals surface area contributed by atoms with Gasteiger partial charge in [0.1, 0.15) is 0 Å². The lowest BCUT2D eigenvalue weighted by Gasteiger charge is -1.99. The van der Waals surface area contributed by atoms with E-state index in [0.29, 0.717) is 0 Å². The number of aryl methyl sites for hydroxylation is 1. The molecule has 82 valence electrons. The summed E-state index contributed by atoms with van der Waals surface area (Å²) in [6.45, 7) is 0. The molecule has 0 aliphatic heterocycles. The molecule has 0 atom stereocenters. The highest BCUT2D eigenvalue weighted by Crippen LogP contribution is 2.16. The first-order chi connectivity index (χ1) is 7.65. The van der Waals surface area contributed by atoms with Gasteiger partial charge in [0, 0.05) is 25.0 Å². The average Bonchev–Trinajstić information content (AvgIpc) is 2.64. The molecule has 0 unspecified atom stereocenters. The number of hydrogen-bond donors (Lipinski definition) is 1. The predicted octanol–water partition coefficient (Wildman–Crippen LogP) is 1.11. The minimum absolute atomic E-state index is 0.00970. The Morgan fingerprint density at radius 3 is 3.00 bits per heavy atom. The molecule has 5 heteroatoms. The first kappa shape index (κ1) is 10.4. The van der Waals surface area contributed by atoms with Crippen LogP contribution in [0.25, 0.3) is 11.3 Å². The van der Waals surface area contributed by atoms with Crippen LogP contribution in [0.15, 0.2) is 30.7 Å². The van der Waals surface area contributed by atoms with E-state index in [1.807, 2.05) is 13.2 Å². The van der Waals surface area contributed by atoms with Crippen molar-refractivity contribution in [3.8, 4) is 11.3 Å². The lowest BCUT2D eigenvalue weighted by atomic mass is 10.1. The van der Waals surface area contributed by atoms with E-state index in [1.165, 1.54) is 0 Å². The average molecular weight is 217 g/mol. The van der Waals surface area contributed by atoms with Crippen LogP contribution in [0, 0.1) is 0 Å². The third-order valence-corrected chi connectivity index (χ3v) is 2.18. The quantitative estimate of drug-likeness (QED) is 0.836. The molecule has 0 amide bonds. The van der Waals surface area contributed by atoms with Crippen molar-refractivity contribution < 1.29 is 9.90 Å². The van der Waals surface area contributed by atoms with Gasteiger partial charge in [0.2, 0.25) is 0 Å². The number of aromatic nitrogens is 3. The van der Waals surface area contributed by atoms with E-state index in [1.54, 1.807) is 29.2 Å². The zero-order valence-corrected chi connectivity index (χ0v) is 8.79. The standard InChI is InChI=1S/C11H11N3O2/c1-14-7-9(6-13-14)10-4-8(2-3-12-10)5-11(15)16/h2-4,6-7H,5H2,1H3,(H,15,16). The number of hydrogen-bond acceptors (Lipinski definition) is 3. The van der Waals surface area contributed by atoms with Crippen molar-refractivity contribution in [1.82, 2.24) is 14.8 Å². The number of carboxylic acid groups (broad SMARTS) is 1. The second-order valence-electron chi connectivity index (χ2n) is 3.52. The van der Waals surface area contributed by atoms with E-state index in [0.717, 1.165) is 16.8 Å². The minimum atomic E-state index is -0.844. The largest absolute Gasteiger partial charge is 0.481 e. The summed E-state index contributed by atoms with van der Waals surface area (Å²) in [5.74, 6) is -0.844. The SMILES string of the molecule is Cn1cc(-c2cc(CC(=O)O)ccn2)cn1. The molecule has 2 aromatic rings. The molecule has 0 aliphatic carbocycles. The summed E-state index contributed by atoms with van der Waals surface area (Å²) in [6.07, 6.45) is 5.16. The van der Waals surface area contributed by atoms with Gasteiger partial charge in [0.05, 0.1) is 18.3 Å². The number of nitrogens with zero attached hydrogens (tertiary/aromatic N) is 3. The van der Waals surface area contributed by atoms with Gasteiger partial charge in [0.25, 0.3) is 0 Å². The van der Waals surface area contributed by atoms with Crippen molar-refractivity contribution in [1.29, 1.82) is 0 Å².